The molecule has 0 saturated heterocycles. The van der Waals surface area contributed by atoms with Crippen LogP contribution in [0.2, 0.25) is 0 Å². The fourth-order valence-electron chi connectivity index (χ4n) is 1.48. The van der Waals surface area contributed by atoms with E-state index in [1.165, 1.54) is 13.2 Å². The Labute approximate surface area is 98.0 Å². The van der Waals surface area contributed by atoms with Gasteiger partial charge in [-0.05, 0) is 25.0 Å². The van der Waals surface area contributed by atoms with Crippen LogP contribution in [0.25, 0.3) is 0 Å². The van der Waals surface area contributed by atoms with Crippen LogP contribution in [0.3, 0.4) is 0 Å². The molecule has 0 fully saturated rings. The summed E-state index contributed by atoms with van der Waals surface area (Å²) in [5.74, 6) is -0.486. The first-order valence-electron chi connectivity index (χ1n) is 5.07. The number of nitrogens with zero attached hydrogens (tertiary/aromatic N) is 1. The molecule has 0 aliphatic heterocycles. The largest absolute Gasteiger partial charge is 0.497 e. The summed E-state index contributed by atoms with van der Waals surface area (Å²) in [6.07, 6.45) is 0.748. The number of rotatable bonds is 6. The van der Waals surface area contributed by atoms with Crippen LogP contribution in [-0.2, 0) is 11.2 Å². The Kier molecular flexibility index (Phi) is 4.45. The van der Waals surface area contributed by atoms with Gasteiger partial charge in [-0.25, -0.2) is 0 Å². The lowest BCUT2D eigenvalue weighted by molar-refractivity contribution is -0.385. The van der Waals surface area contributed by atoms with Gasteiger partial charge in [-0.2, -0.15) is 0 Å². The molecule has 0 aliphatic rings. The van der Waals surface area contributed by atoms with E-state index in [1.54, 1.807) is 12.1 Å². The number of benzene rings is 1. The molecule has 1 aromatic rings. The van der Waals surface area contributed by atoms with Gasteiger partial charge in [0.2, 0.25) is 0 Å². The van der Waals surface area contributed by atoms with Gasteiger partial charge in [0.1, 0.15) is 5.75 Å². The van der Waals surface area contributed by atoms with Crippen molar-refractivity contribution >= 4 is 11.7 Å². The number of carbonyl (C=O) groups is 1. The average molecular weight is 239 g/mol. The molecule has 1 rings (SSSR count). The summed E-state index contributed by atoms with van der Waals surface area (Å²) >= 11 is 0. The van der Waals surface area contributed by atoms with Crippen LogP contribution in [0.5, 0.6) is 5.75 Å². The van der Waals surface area contributed by atoms with E-state index in [2.05, 4.69) is 0 Å². The van der Waals surface area contributed by atoms with Crippen molar-refractivity contribution in [1.82, 2.24) is 0 Å². The molecule has 0 atom stereocenters. The van der Waals surface area contributed by atoms with Crippen molar-refractivity contribution in [2.45, 2.75) is 19.3 Å². The van der Waals surface area contributed by atoms with Gasteiger partial charge in [0.25, 0.3) is 5.69 Å². The minimum atomic E-state index is -0.902. The summed E-state index contributed by atoms with van der Waals surface area (Å²) in [6.45, 7) is 0. The first-order chi connectivity index (χ1) is 8.04. The second-order valence-corrected chi connectivity index (χ2v) is 3.50. The van der Waals surface area contributed by atoms with E-state index >= 15 is 0 Å². The molecule has 0 heterocycles. The van der Waals surface area contributed by atoms with Gasteiger partial charge in [-0.15, -0.1) is 0 Å². The maximum Gasteiger partial charge on any atom is 0.303 e. The molecule has 0 amide bonds. The fourth-order valence-corrected chi connectivity index (χ4v) is 1.48. The number of nitro groups is 1. The summed E-state index contributed by atoms with van der Waals surface area (Å²) in [6, 6.07) is 4.57. The molecule has 0 spiro atoms. The third-order valence-electron chi connectivity index (χ3n) is 2.33. The maximum absolute atomic E-state index is 10.8. The van der Waals surface area contributed by atoms with Crippen LogP contribution in [0.15, 0.2) is 18.2 Å². The molecule has 0 saturated carbocycles. The number of carboxylic acid groups (broad SMARTS) is 1. The lowest BCUT2D eigenvalue weighted by Crippen LogP contribution is -1.99. The molecule has 0 aromatic heterocycles. The zero-order valence-corrected chi connectivity index (χ0v) is 9.38. The van der Waals surface area contributed by atoms with E-state index in [1.807, 2.05) is 0 Å². The van der Waals surface area contributed by atoms with E-state index in [-0.39, 0.29) is 12.1 Å². The number of nitro benzene ring substituents is 1. The van der Waals surface area contributed by atoms with E-state index in [0.29, 0.717) is 24.2 Å². The van der Waals surface area contributed by atoms with Crippen LogP contribution in [0, 0.1) is 10.1 Å². The van der Waals surface area contributed by atoms with Gasteiger partial charge in [0, 0.05) is 12.0 Å². The highest BCUT2D eigenvalue weighted by Gasteiger charge is 2.14. The lowest BCUT2D eigenvalue weighted by atomic mass is 10.1. The molecule has 0 unspecified atom stereocenters. The van der Waals surface area contributed by atoms with Gasteiger partial charge in [-0.3, -0.25) is 14.9 Å². The molecule has 92 valence electrons. The second kappa shape index (κ2) is 5.83. The Morgan fingerprint density at radius 2 is 2.24 bits per heavy atom. The minimum absolute atomic E-state index is 0.00316. The number of hydrogen-bond donors (Lipinski definition) is 1. The predicted octanol–water partition coefficient (Wildman–Crippen LogP) is 2.01. The van der Waals surface area contributed by atoms with E-state index in [4.69, 9.17) is 9.84 Å². The van der Waals surface area contributed by atoms with Crippen LogP contribution < -0.4 is 4.74 Å². The molecular weight excluding hydrogens is 226 g/mol. The van der Waals surface area contributed by atoms with Crippen molar-refractivity contribution in [3.63, 3.8) is 0 Å². The first-order valence-corrected chi connectivity index (χ1v) is 5.07. The maximum atomic E-state index is 10.8. The SMILES string of the molecule is COc1ccc(CCCC(=O)O)c([N+](=O)[O-])c1. The Balaban J connectivity index is 2.83. The van der Waals surface area contributed by atoms with Crippen molar-refractivity contribution in [2.75, 3.05) is 7.11 Å². The molecule has 0 aliphatic carbocycles. The quantitative estimate of drug-likeness (QED) is 0.605. The van der Waals surface area contributed by atoms with Crippen LogP contribution in [0.4, 0.5) is 5.69 Å². The van der Waals surface area contributed by atoms with E-state index < -0.39 is 10.9 Å². The second-order valence-electron chi connectivity index (χ2n) is 3.50. The van der Waals surface area contributed by atoms with Gasteiger partial charge < -0.3 is 9.84 Å². The van der Waals surface area contributed by atoms with Crippen LogP contribution in [-0.4, -0.2) is 23.1 Å². The zero-order chi connectivity index (χ0) is 12.8. The molecule has 6 nitrogen and oxygen atoms in total. The van der Waals surface area contributed by atoms with Crippen molar-refractivity contribution in [3.8, 4) is 5.75 Å². The summed E-state index contributed by atoms with van der Waals surface area (Å²) < 4.78 is 4.90. The molecule has 0 bridgehead atoms. The average Bonchev–Trinajstić information content (AvgIpc) is 2.28. The smallest absolute Gasteiger partial charge is 0.303 e. The third kappa shape index (κ3) is 3.75. The number of ether oxygens (including phenoxy) is 1. The summed E-state index contributed by atoms with van der Waals surface area (Å²) in [7, 11) is 1.43. The molecule has 0 radical (unpaired) electrons. The highest BCUT2D eigenvalue weighted by atomic mass is 16.6. The normalized spacial score (nSPS) is 9.94. The number of methoxy groups -OCH3 is 1. The number of aryl methyl sites for hydroxylation is 1. The first kappa shape index (κ1) is 13.0. The van der Waals surface area contributed by atoms with Gasteiger partial charge >= 0.3 is 5.97 Å². The van der Waals surface area contributed by atoms with Crippen molar-refractivity contribution in [1.29, 1.82) is 0 Å². The van der Waals surface area contributed by atoms with E-state index in [0.717, 1.165) is 0 Å². The van der Waals surface area contributed by atoms with Crippen molar-refractivity contribution in [3.05, 3.63) is 33.9 Å². The Morgan fingerprint density at radius 3 is 2.76 bits per heavy atom. The number of hydrogen-bond acceptors (Lipinski definition) is 4. The molecule has 17 heavy (non-hydrogen) atoms. The molecule has 1 aromatic carbocycles. The zero-order valence-electron chi connectivity index (χ0n) is 9.38. The van der Waals surface area contributed by atoms with Crippen molar-refractivity contribution < 1.29 is 19.6 Å². The molecular formula is C11H13NO5. The summed E-state index contributed by atoms with van der Waals surface area (Å²) in [5.41, 5.74) is 0.492. The molecule has 6 heteroatoms. The molecule has 1 N–H and O–H groups in total. The van der Waals surface area contributed by atoms with Crippen LogP contribution >= 0.6 is 0 Å². The Bertz CT molecular complexity index is 430. The third-order valence-corrected chi connectivity index (χ3v) is 2.33. The van der Waals surface area contributed by atoms with Crippen LogP contribution in [0.1, 0.15) is 18.4 Å². The van der Waals surface area contributed by atoms with Crippen molar-refractivity contribution in [2.24, 2.45) is 0 Å². The predicted molar refractivity (Wildman–Crippen MR) is 60.2 cm³/mol. The highest BCUT2D eigenvalue weighted by molar-refractivity contribution is 5.66. The fraction of sp³-hybridized carbons (Fsp3) is 0.364. The number of carboxylic acids is 1. The number of aliphatic carboxylic acids is 1. The lowest BCUT2D eigenvalue weighted by Gasteiger charge is -2.04. The van der Waals surface area contributed by atoms with Gasteiger partial charge in [0.05, 0.1) is 18.1 Å². The van der Waals surface area contributed by atoms with Gasteiger partial charge in [0.15, 0.2) is 0 Å². The Hall–Kier alpha value is -2.11. The topological polar surface area (TPSA) is 89.7 Å². The highest BCUT2D eigenvalue weighted by Crippen LogP contribution is 2.25. The minimum Gasteiger partial charge on any atom is -0.497 e. The standard InChI is InChI=1S/C11H13NO5/c1-17-9-6-5-8(3-2-4-11(13)14)10(7-9)12(15)16/h5-7H,2-4H2,1H3,(H,13,14). The van der Waals surface area contributed by atoms with E-state index in [9.17, 15) is 14.9 Å². The summed E-state index contributed by atoms with van der Waals surface area (Å²) in [4.78, 5) is 20.7. The Morgan fingerprint density at radius 1 is 1.53 bits per heavy atom. The summed E-state index contributed by atoms with van der Waals surface area (Å²) in [5, 5.41) is 19.3. The van der Waals surface area contributed by atoms with Gasteiger partial charge in [-0.1, -0.05) is 0 Å². The monoisotopic (exact) mass is 239 g/mol.